The quantitative estimate of drug-likeness (QED) is 0.547. The summed E-state index contributed by atoms with van der Waals surface area (Å²) >= 11 is 0. The van der Waals surface area contributed by atoms with Crippen LogP contribution in [0.3, 0.4) is 0 Å². The first-order valence-electron chi connectivity index (χ1n) is 7.09. The van der Waals surface area contributed by atoms with E-state index < -0.39 is 4.92 Å². The van der Waals surface area contributed by atoms with Crippen molar-refractivity contribution in [3.8, 4) is 17.1 Å². The molecule has 1 aromatic heterocycles. The molecule has 3 aromatic rings. The summed E-state index contributed by atoms with van der Waals surface area (Å²) in [6.07, 6.45) is 1.27. The lowest BCUT2D eigenvalue weighted by atomic mass is 10.1. The first-order chi connectivity index (χ1) is 11.7. The summed E-state index contributed by atoms with van der Waals surface area (Å²) in [6.45, 7) is 0.431. The number of anilines is 1. The average Bonchev–Trinajstić information content (AvgIpc) is 3.14. The van der Waals surface area contributed by atoms with Crippen molar-refractivity contribution in [1.82, 2.24) is 10.1 Å². The predicted molar refractivity (Wildman–Crippen MR) is 86.7 cm³/mol. The minimum atomic E-state index is -0.459. The molecule has 8 heteroatoms. The van der Waals surface area contributed by atoms with Crippen molar-refractivity contribution < 1.29 is 14.2 Å². The number of hydrogen-bond acceptors (Lipinski definition) is 7. The summed E-state index contributed by atoms with van der Waals surface area (Å²) in [5.74, 6) is 0.738. The summed E-state index contributed by atoms with van der Waals surface area (Å²) in [5.41, 5.74) is 2.37. The summed E-state index contributed by atoms with van der Waals surface area (Å²) in [6, 6.07) is 12.4. The first-order valence-corrected chi connectivity index (χ1v) is 7.09. The molecule has 0 radical (unpaired) electrons. The Balaban J connectivity index is 1.75. The van der Waals surface area contributed by atoms with Gasteiger partial charge < -0.3 is 14.6 Å². The van der Waals surface area contributed by atoms with Crippen LogP contribution in [-0.2, 0) is 6.54 Å². The van der Waals surface area contributed by atoms with Gasteiger partial charge in [-0.05, 0) is 23.8 Å². The summed E-state index contributed by atoms with van der Waals surface area (Å²) < 4.78 is 9.73. The van der Waals surface area contributed by atoms with Crippen molar-refractivity contribution in [3.05, 3.63) is 64.5 Å². The van der Waals surface area contributed by atoms with E-state index in [1.807, 2.05) is 24.3 Å². The highest BCUT2D eigenvalue weighted by Crippen LogP contribution is 2.28. The predicted octanol–water partition coefficient (Wildman–Crippen LogP) is 3.27. The van der Waals surface area contributed by atoms with Gasteiger partial charge in [0, 0.05) is 23.9 Å². The molecule has 0 saturated heterocycles. The Morgan fingerprint density at radius 3 is 2.88 bits per heavy atom. The van der Waals surface area contributed by atoms with Gasteiger partial charge in [0.15, 0.2) is 5.75 Å². The largest absolute Gasteiger partial charge is 0.490 e. The smallest absolute Gasteiger partial charge is 0.311 e. The van der Waals surface area contributed by atoms with E-state index in [9.17, 15) is 10.1 Å². The van der Waals surface area contributed by atoms with Crippen molar-refractivity contribution >= 4 is 11.4 Å². The minimum Gasteiger partial charge on any atom is -0.490 e. The fourth-order valence-electron chi connectivity index (χ4n) is 2.26. The Labute approximate surface area is 137 Å². The molecule has 8 nitrogen and oxygen atoms in total. The Bertz CT molecular complexity index is 849. The van der Waals surface area contributed by atoms with Crippen LogP contribution in [-0.4, -0.2) is 22.2 Å². The molecule has 0 aliphatic rings. The summed E-state index contributed by atoms with van der Waals surface area (Å²) in [5, 5.41) is 18.1. The molecular formula is C16H14N4O4. The molecule has 0 fully saturated rings. The fraction of sp³-hybridized carbons (Fsp3) is 0.125. The summed E-state index contributed by atoms with van der Waals surface area (Å²) in [7, 11) is 1.41. The van der Waals surface area contributed by atoms with Crippen molar-refractivity contribution in [2.45, 2.75) is 6.54 Å². The fourth-order valence-corrected chi connectivity index (χ4v) is 2.26. The lowest BCUT2D eigenvalue weighted by Crippen LogP contribution is -2.01. The van der Waals surface area contributed by atoms with Crippen LogP contribution in [0, 0.1) is 10.1 Å². The molecular weight excluding hydrogens is 312 g/mol. The molecule has 0 saturated carbocycles. The zero-order chi connectivity index (χ0) is 16.9. The molecule has 24 heavy (non-hydrogen) atoms. The second-order valence-electron chi connectivity index (χ2n) is 4.95. The Morgan fingerprint density at radius 2 is 2.17 bits per heavy atom. The lowest BCUT2D eigenvalue weighted by Gasteiger charge is -2.08. The van der Waals surface area contributed by atoms with Crippen LogP contribution in [0.15, 0.2) is 53.4 Å². The minimum absolute atomic E-state index is 0.0580. The third-order valence-electron chi connectivity index (χ3n) is 3.42. The Kier molecular flexibility index (Phi) is 4.37. The maximum atomic E-state index is 11.1. The van der Waals surface area contributed by atoms with E-state index in [1.54, 1.807) is 12.1 Å². The average molecular weight is 326 g/mol. The number of nitrogens with one attached hydrogen (secondary N) is 1. The van der Waals surface area contributed by atoms with E-state index in [0.29, 0.717) is 12.4 Å². The van der Waals surface area contributed by atoms with Gasteiger partial charge in [0.25, 0.3) is 0 Å². The topological polar surface area (TPSA) is 103 Å². The molecule has 1 N–H and O–H groups in total. The maximum Gasteiger partial charge on any atom is 0.311 e. The number of benzene rings is 2. The van der Waals surface area contributed by atoms with Crippen LogP contribution in [0.1, 0.15) is 5.56 Å². The van der Waals surface area contributed by atoms with E-state index in [1.165, 1.54) is 19.6 Å². The first kappa shape index (κ1) is 15.5. The molecule has 0 atom stereocenters. The number of nitrogens with zero attached hydrogens (tertiary/aromatic N) is 3. The van der Waals surface area contributed by atoms with Crippen molar-refractivity contribution in [2.24, 2.45) is 0 Å². The number of rotatable bonds is 6. The van der Waals surface area contributed by atoms with Gasteiger partial charge in [0.2, 0.25) is 12.2 Å². The highest BCUT2D eigenvalue weighted by atomic mass is 16.6. The van der Waals surface area contributed by atoms with Crippen molar-refractivity contribution in [3.63, 3.8) is 0 Å². The molecule has 0 aliphatic heterocycles. The van der Waals surface area contributed by atoms with Crippen LogP contribution in [0.4, 0.5) is 11.4 Å². The number of methoxy groups -OCH3 is 1. The van der Waals surface area contributed by atoms with Gasteiger partial charge in [-0.2, -0.15) is 4.98 Å². The van der Waals surface area contributed by atoms with E-state index in [2.05, 4.69) is 15.5 Å². The Morgan fingerprint density at radius 1 is 1.29 bits per heavy atom. The molecule has 2 aromatic carbocycles. The van der Waals surface area contributed by atoms with Gasteiger partial charge in [0.05, 0.1) is 12.0 Å². The van der Waals surface area contributed by atoms with Crippen LogP contribution >= 0.6 is 0 Å². The molecule has 0 bridgehead atoms. The van der Waals surface area contributed by atoms with Gasteiger partial charge in [-0.3, -0.25) is 10.1 Å². The number of ether oxygens (including phenoxy) is 1. The lowest BCUT2D eigenvalue weighted by molar-refractivity contribution is -0.385. The number of aromatic nitrogens is 2. The monoisotopic (exact) mass is 326 g/mol. The highest BCUT2D eigenvalue weighted by molar-refractivity contribution is 5.62. The van der Waals surface area contributed by atoms with Gasteiger partial charge in [0.1, 0.15) is 0 Å². The molecule has 0 aliphatic carbocycles. The second-order valence-corrected chi connectivity index (χ2v) is 4.95. The van der Waals surface area contributed by atoms with Gasteiger partial charge in [-0.25, -0.2) is 0 Å². The molecule has 122 valence electrons. The molecule has 1 heterocycles. The van der Waals surface area contributed by atoms with Crippen LogP contribution in [0.5, 0.6) is 5.75 Å². The van der Waals surface area contributed by atoms with E-state index in [4.69, 9.17) is 9.26 Å². The van der Waals surface area contributed by atoms with Gasteiger partial charge in [-0.15, -0.1) is 0 Å². The van der Waals surface area contributed by atoms with Crippen LogP contribution in [0.25, 0.3) is 11.4 Å². The maximum absolute atomic E-state index is 11.1. The standard InChI is InChI=1S/C16H14N4O4/c1-23-15-6-5-11(7-14(15)20(21)22)9-17-13-4-2-3-12(8-13)16-18-10-24-19-16/h2-8,10,17H,9H2,1H3. The molecule has 3 rings (SSSR count). The normalized spacial score (nSPS) is 10.4. The second kappa shape index (κ2) is 6.78. The third kappa shape index (κ3) is 3.32. The van der Waals surface area contributed by atoms with Crippen molar-refractivity contribution in [2.75, 3.05) is 12.4 Å². The third-order valence-corrected chi connectivity index (χ3v) is 3.42. The van der Waals surface area contributed by atoms with E-state index in [0.717, 1.165) is 16.8 Å². The SMILES string of the molecule is COc1ccc(CNc2cccc(-c3ncon3)c2)cc1[N+](=O)[O-]. The zero-order valence-corrected chi connectivity index (χ0v) is 12.8. The van der Waals surface area contributed by atoms with Gasteiger partial charge in [-0.1, -0.05) is 23.4 Å². The Hall–Kier alpha value is -3.42. The van der Waals surface area contributed by atoms with E-state index in [-0.39, 0.29) is 11.4 Å². The molecule has 0 unspecified atom stereocenters. The van der Waals surface area contributed by atoms with Crippen LogP contribution in [0.2, 0.25) is 0 Å². The number of nitro benzene ring substituents is 1. The van der Waals surface area contributed by atoms with Gasteiger partial charge >= 0.3 is 5.69 Å². The van der Waals surface area contributed by atoms with E-state index >= 15 is 0 Å². The number of nitro groups is 1. The van der Waals surface area contributed by atoms with Crippen LogP contribution < -0.4 is 10.1 Å². The molecule has 0 spiro atoms. The molecule has 0 amide bonds. The number of hydrogen-bond donors (Lipinski definition) is 1. The summed E-state index contributed by atoms with van der Waals surface area (Å²) in [4.78, 5) is 14.6. The van der Waals surface area contributed by atoms with Crippen molar-refractivity contribution in [1.29, 1.82) is 0 Å². The zero-order valence-electron chi connectivity index (χ0n) is 12.8. The highest BCUT2D eigenvalue weighted by Gasteiger charge is 2.15.